The Morgan fingerprint density at radius 2 is 2.06 bits per heavy atom. The Morgan fingerprint density at radius 3 is 2.81 bits per heavy atom. The summed E-state index contributed by atoms with van der Waals surface area (Å²) in [6, 6.07) is 1.64. The van der Waals surface area contributed by atoms with E-state index in [1.807, 2.05) is 0 Å². The Kier molecular flexibility index (Phi) is 4.66. The molecule has 16 heavy (non-hydrogen) atoms. The first-order valence-corrected chi connectivity index (χ1v) is 7.24. The molecule has 1 saturated carbocycles. The zero-order valence-corrected chi connectivity index (χ0v) is 11.0. The standard InChI is InChI=1S/C14H28N2/c1-3-12-6-4-8-14(10-12)16-9-5-7-13(11-16)15-2/h12-15H,3-11H2,1-2H3. The third kappa shape index (κ3) is 2.98. The molecule has 0 aromatic heterocycles. The maximum atomic E-state index is 3.46. The first kappa shape index (κ1) is 12.4. The van der Waals surface area contributed by atoms with E-state index in [-0.39, 0.29) is 0 Å². The van der Waals surface area contributed by atoms with E-state index in [1.54, 1.807) is 0 Å². The van der Waals surface area contributed by atoms with Gasteiger partial charge in [0, 0.05) is 18.6 Å². The fraction of sp³-hybridized carbons (Fsp3) is 1.00. The number of hydrogen-bond acceptors (Lipinski definition) is 2. The summed E-state index contributed by atoms with van der Waals surface area (Å²) in [5.41, 5.74) is 0. The van der Waals surface area contributed by atoms with Gasteiger partial charge in [0.1, 0.15) is 0 Å². The number of nitrogens with one attached hydrogen (secondary N) is 1. The van der Waals surface area contributed by atoms with Gasteiger partial charge in [0.2, 0.25) is 0 Å². The minimum absolute atomic E-state index is 0.746. The van der Waals surface area contributed by atoms with E-state index >= 15 is 0 Å². The van der Waals surface area contributed by atoms with Crippen LogP contribution in [0.25, 0.3) is 0 Å². The number of hydrogen-bond donors (Lipinski definition) is 1. The Labute approximate surface area is 101 Å². The Hall–Kier alpha value is -0.0800. The maximum absolute atomic E-state index is 3.46. The summed E-state index contributed by atoms with van der Waals surface area (Å²) in [6.45, 7) is 5.00. The fourth-order valence-corrected chi connectivity index (χ4v) is 3.54. The molecule has 0 bridgehead atoms. The topological polar surface area (TPSA) is 15.3 Å². The highest BCUT2D eigenvalue weighted by atomic mass is 15.2. The molecular formula is C14H28N2. The molecule has 0 amide bonds. The van der Waals surface area contributed by atoms with E-state index in [4.69, 9.17) is 0 Å². The second-order valence-corrected chi connectivity index (χ2v) is 5.72. The van der Waals surface area contributed by atoms with Crippen LogP contribution in [0.4, 0.5) is 0 Å². The van der Waals surface area contributed by atoms with E-state index < -0.39 is 0 Å². The van der Waals surface area contributed by atoms with Gasteiger partial charge in [0.15, 0.2) is 0 Å². The molecule has 1 saturated heterocycles. The Morgan fingerprint density at radius 1 is 1.19 bits per heavy atom. The van der Waals surface area contributed by atoms with E-state index in [0.717, 1.165) is 18.0 Å². The molecule has 3 atom stereocenters. The lowest BCUT2D eigenvalue weighted by molar-refractivity contribution is 0.0932. The lowest BCUT2D eigenvalue weighted by Gasteiger charge is -2.41. The number of piperidine rings is 1. The predicted octanol–water partition coefficient (Wildman–Crippen LogP) is 2.64. The van der Waals surface area contributed by atoms with Crippen molar-refractivity contribution in [3.05, 3.63) is 0 Å². The summed E-state index contributed by atoms with van der Waals surface area (Å²) in [4.78, 5) is 2.77. The number of nitrogens with zero attached hydrogens (tertiary/aromatic N) is 1. The molecule has 94 valence electrons. The highest BCUT2D eigenvalue weighted by Gasteiger charge is 2.28. The van der Waals surface area contributed by atoms with E-state index in [2.05, 4.69) is 24.2 Å². The summed E-state index contributed by atoms with van der Waals surface area (Å²) in [7, 11) is 2.11. The SMILES string of the molecule is CCC1CCCC(N2CCCC(NC)C2)C1. The van der Waals surface area contributed by atoms with Crippen molar-refractivity contribution >= 4 is 0 Å². The molecule has 2 heteroatoms. The van der Waals surface area contributed by atoms with Gasteiger partial charge in [-0.15, -0.1) is 0 Å². The van der Waals surface area contributed by atoms with Gasteiger partial charge in [0.25, 0.3) is 0 Å². The summed E-state index contributed by atoms with van der Waals surface area (Å²) >= 11 is 0. The maximum Gasteiger partial charge on any atom is 0.0192 e. The fourth-order valence-electron chi connectivity index (χ4n) is 3.54. The molecule has 2 rings (SSSR count). The molecular weight excluding hydrogens is 196 g/mol. The third-order valence-electron chi connectivity index (χ3n) is 4.71. The molecule has 0 aromatic rings. The van der Waals surface area contributed by atoms with Crippen LogP contribution in [0.2, 0.25) is 0 Å². The van der Waals surface area contributed by atoms with Crippen LogP contribution in [0.1, 0.15) is 51.9 Å². The van der Waals surface area contributed by atoms with Crippen LogP contribution >= 0.6 is 0 Å². The van der Waals surface area contributed by atoms with Crippen LogP contribution < -0.4 is 5.32 Å². The van der Waals surface area contributed by atoms with Crippen LogP contribution in [-0.4, -0.2) is 37.1 Å². The number of likely N-dealkylation sites (N-methyl/N-ethyl adjacent to an activating group) is 1. The van der Waals surface area contributed by atoms with Gasteiger partial charge < -0.3 is 5.32 Å². The lowest BCUT2D eigenvalue weighted by Crippen LogP contribution is -2.49. The first-order chi connectivity index (χ1) is 7.83. The van der Waals surface area contributed by atoms with Crippen LogP contribution in [0, 0.1) is 5.92 Å². The second-order valence-electron chi connectivity index (χ2n) is 5.72. The molecule has 1 aliphatic heterocycles. The second kappa shape index (κ2) is 6.02. The zero-order valence-electron chi connectivity index (χ0n) is 11.0. The molecule has 1 heterocycles. The molecule has 2 fully saturated rings. The van der Waals surface area contributed by atoms with Crippen LogP contribution in [0.5, 0.6) is 0 Å². The van der Waals surface area contributed by atoms with Gasteiger partial charge in [0.05, 0.1) is 0 Å². The molecule has 2 nitrogen and oxygen atoms in total. The predicted molar refractivity (Wildman–Crippen MR) is 69.7 cm³/mol. The molecule has 1 N–H and O–H groups in total. The molecule has 0 radical (unpaired) electrons. The van der Waals surface area contributed by atoms with E-state index in [1.165, 1.54) is 58.0 Å². The van der Waals surface area contributed by atoms with Gasteiger partial charge in [-0.05, 0) is 45.2 Å². The summed E-state index contributed by atoms with van der Waals surface area (Å²) in [6.07, 6.45) is 10.0. The highest BCUT2D eigenvalue weighted by Crippen LogP contribution is 2.31. The van der Waals surface area contributed by atoms with Crippen LogP contribution in [-0.2, 0) is 0 Å². The van der Waals surface area contributed by atoms with Crippen molar-refractivity contribution in [2.75, 3.05) is 20.1 Å². The van der Waals surface area contributed by atoms with Gasteiger partial charge in [-0.1, -0.05) is 26.2 Å². The average Bonchev–Trinajstić information content (AvgIpc) is 2.39. The van der Waals surface area contributed by atoms with Crippen LogP contribution in [0.15, 0.2) is 0 Å². The van der Waals surface area contributed by atoms with Crippen molar-refractivity contribution in [2.45, 2.75) is 64.0 Å². The first-order valence-electron chi connectivity index (χ1n) is 7.24. The van der Waals surface area contributed by atoms with Gasteiger partial charge in [-0.25, -0.2) is 0 Å². The van der Waals surface area contributed by atoms with Crippen molar-refractivity contribution in [2.24, 2.45) is 5.92 Å². The molecule has 3 unspecified atom stereocenters. The third-order valence-corrected chi connectivity index (χ3v) is 4.71. The van der Waals surface area contributed by atoms with Crippen molar-refractivity contribution < 1.29 is 0 Å². The van der Waals surface area contributed by atoms with E-state index in [0.29, 0.717) is 0 Å². The highest BCUT2D eigenvalue weighted by molar-refractivity contribution is 4.85. The normalized spacial score (nSPS) is 37.5. The molecule has 1 aliphatic carbocycles. The summed E-state index contributed by atoms with van der Waals surface area (Å²) in [5, 5.41) is 3.46. The Balaban J connectivity index is 1.85. The van der Waals surface area contributed by atoms with Crippen molar-refractivity contribution in [3.63, 3.8) is 0 Å². The molecule has 0 spiro atoms. The van der Waals surface area contributed by atoms with Crippen molar-refractivity contribution in [1.82, 2.24) is 10.2 Å². The monoisotopic (exact) mass is 224 g/mol. The number of rotatable bonds is 3. The lowest BCUT2D eigenvalue weighted by atomic mass is 9.83. The van der Waals surface area contributed by atoms with Crippen molar-refractivity contribution in [1.29, 1.82) is 0 Å². The summed E-state index contributed by atoms with van der Waals surface area (Å²) < 4.78 is 0. The Bertz CT molecular complexity index is 183. The molecule has 0 aromatic carbocycles. The van der Waals surface area contributed by atoms with Gasteiger partial charge in [-0.2, -0.15) is 0 Å². The van der Waals surface area contributed by atoms with Crippen molar-refractivity contribution in [3.8, 4) is 0 Å². The minimum atomic E-state index is 0.746. The summed E-state index contributed by atoms with van der Waals surface area (Å²) in [5.74, 6) is 1.01. The largest absolute Gasteiger partial charge is 0.316 e. The minimum Gasteiger partial charge on any atom is -0.316 e. The van der Waals surface area contributed by atoms with Crippen LogP contribution in [0.3, 0.4) is 0 Å². The smallest absolute Gasteiger partial charge is 0.0192 e. The quantitative estimate of drug-likeness (QED) is 0.793. The average molecular weight is 224 g/mol. The van der Waals surface area contributed by atoms with Gasteiger partial charge >= 0.3 is 0 Å². The zero-order chi connectivity index (χ0) is 11.4. The molecule has 2 aliphatic rings. The number of likely N-dealkylation sites (tertiary alicyclic amines) is 1. The van der Waals surface area contributed by atoms with Gasteiger partial charge in [-0.3, -0.25) is 4.90 Å². The van der Waals surface area contributed by atoms with E-state index in [9.17, 15) is 0 Å².